The highest BCUT2D eigenvalue weighted by atomic mass is 32.2. The Hall–Kier alpha value is -1.89. The number of para-hydroxylation sites is 1. The maximum absolute atomic E-state index is 11.4. The molecular weight excluding hydrogens is 280 g/mol. The molecule has 0 amide bonds. The topological polar surface area (TPSA) is 89.3 Å². The molecule has 0 aliphatic carbocycles. The minimum Gasteiger partial charge on any atom is -0.478 e. The summed E-state index contributed by atoms with van der Waals surface area (Å²) < 4.78 is 24.6. The lowest BCUT2D eigenvalue weighted by Gasteiger charge is -2.15. The summed E-state index contributed by atoms with van der Waals surface area (Å²) in [6.07, 6.45) is 1.18. The van der Waals surface area contributed by atoms with Gasteiger partial charge in [0.05, 0.1) is 16.8 Å². The molecule has 1 aromatic heterocycles. The molecule has 0 spiro atoms. The molecule has 1 atom stereocenters. The quantitative estimate of drug-likeness (QED) is 0.926. The number of carboxylic acids is 1. The number of imidazole rings is 1. The van der Waals surface area contributed by atoms with Crippen molar-refractivity contribution in [1.29, 1.82) is 0 Å². The van der Waals surface area contributed by atoms with Crippen LogP contribution in [0.3, 0.4) is 0 Å². The fourth-order valence-corrected chi connectivity index (χ4v) is 3.50. The van der Waals surface area contributed by atoms with Gasteiger partial charge in [-0.3, -0.25) is 0 Å². The van der Waals surface area contributed by atoms with E-state index in [1.165, 1.54) is 12.3 Å². The number of sulfone groups is 1. The second-order valence-corrected chi connectivity index (χ2v) is 7.13. The Balaban J connectivity index is 2.63. The molecule has 1 aromatic carbocycles. The Labute approximate surface area is 117 Å². The van der Waals surface area contributed by atoms with Gasteiger partial charge in [0.25, 0.3) is 0 Å². The number of aromatic carboxylic acids is 1. The average molecular weight is 296 g/mol. The molecule has 0 radical (unpaired) electrons. The van der Waals surface area contributed by atoms with E-state index in [1.54, 1.807) is 30.5 Å². The first-order valence-electron chi connectivity index (χ1n) is 6.09. The smallest absolute Gasteiger partial charge is 0.337 e. The summed E-state index contributed by atoms with van der Waals surface area (Å²) in [4.78, 5) is 15.5. The summed E-state index contributed by atoms with van der Waals surface area (Å²) in [5.41, 5.74) is 1.15. The minimum absolute atomic E-state index is 0.0173. The van der Waals surface area contributed by atoms with Crippen LogP contribution in [0.15, 0.2) is 18.2 Å². The third-order valence-electron chi connectivity index (χ3n) is 3.11. The van der Waals surface area contributed by atoms with Crippen molar-refractivity contribution in [2.45, 2.75) is 19.9 Å². The van der Waals surface area contributed by atoms with Crippen LogP contribution in [0.4, 0.5) is 0 Å². The molecule has 0 bridgehead atoms. The number of aryl methyl sites for hydroxylation is 1. The standard InChI is InChI=1S/C13H16N2O4S/c1-8(7-20(3,18)19)15-9(2)14-12-10(13(16)17)5-4-6-11(12)15/h4-6,8H,7H2,1-3H3,(H,16,17). The first-order chi connectivity index (χ1) is 9.20. The molecule has 1 heterocycles. The molecule has 7 heteroatoms. The van der Waals surface area contributed by atoms with Crippen LogP contribution in [0, 0.1) is 6.92 Å². The van der Waals surface area contributed by atoms with E-state index < -0.39 is 15.8 Å². The number of hydrogen-bond donors (Lipinski definition) is 1. The van der Waals surface area contributed by atoms with Crippen molar-refractivity contribution < 1.29 is 18.3 Å². The van der Waals surface area contributed by atoms with E-state index in [2.05, 4.69) is 4.98 Å². The molecule has 6 nitrogen and oxygen atoms in total. The zero-order valence-electron chi connectivity index (χ0n) is 11.5. The van der Waals surface area contributed by atoms with Gasteiger partial charge in [-0.25, -0.2) is 18.2 Å². The number of benzene rings is 1. The Morgan fingerprint density at radius 1 is 1.45 bits per heavy atom. The summed E-state index contributed by atoms with van der Waals surface area (Å²) >= 11 is 0. The Morgan fingerprint density at radius 3 is 2.65 bits per heavy atom. The number of aromatic nitrogens is 2. The van der Waals surface area contributed by atoms with Gasteiger partial charge >= 0.3 is 5.97 Å². The normalized spacial score (nSPS) is 13.6. The Kier molecular flexibility index (Phi) is 3.56. The molecule has 0 aliphatic heterocycles. The molecule has 0 aliphatic rings. The van der Waals surface area contributed by atoms with Crippen LogP contribution in [-0.2, 0) is 9.84 Å². The molecule has 2 aromatic rings. The minimum atomic E-state index is -3.13. The summed E-state index contributed by atoms with van der Waals surface area (Å²) in [5, 5.41) is 9.16. The third kappa shape index (κ3) is 2.67. The van der Waals surface area contributed by atoms with E-state index >= 15 is 0 Å². The molecule has 2 rings (SSSR count). The van der Waals surface area contributed by atoms with Crippen LogP contribution in [0.5, 0.6) is 0 Å². The van der Waals surface area contributed by atoms with E-state index in [0.717, 1.165) is 0 Å². The maximum Gasteiger partial charge on any atom is 0.337 e. The number of carbonyl (C=O) groups is 1. The first kappa shape index (κ1) is 14.5. The van der Waals surface area contributed by atoms with Crippen molar-refractivity contribution in [3.05, 3.63) is 29.6 Å². The van der Waals surface area contributed by atoms with Crippen molar-refractivity contribution in [2.75, 3.05) is 12.0 Å². The fourth-order valence-electron chi connectivity index (χ4n) is 2.47. The highest BCUT2D eigenvalue weighted by Gasteiger charge is 2.20. The molecule has 0 fully saturated rings. The summed E-state index contributed by atoms with van der Waals surface area (Å²) in [5.74, 6) is -0.461. The van der Waals surface area contributed by atoms with E-state index in [1.807, 2.05) is 0 Å². The van der Waals surface area contributed by atoms with Gasteiger partial charge in [-0.05, 0) is 26.0 Å². The van der Waals surface area contributed by atoms with Gasteiger partial charge in [0.15, 0.2) is 0 Å². The van der Waals surface area contributed by atoms with Crippen molar-refractivity contribution in [2.24, 2.45) is 0 Å². The number of fused-ring (bicyclic) bond motifs is 1. The van der Waals surface area contributed by atoms with Gasteiger partial charge in [0.2, 0.25) is 0 Å². The Bertz CT molecular complexity index is 777. The monoisotopic (exact) mass is 296 g/mol. The average Bonchev–Trinajstić information content (AvgIpc) is 2.61. The van der Waals surface area contributed by atoms with Crippen molar-refractivity contribution in [3.8, 4) is 0 Å². The van der Waals surface area contributed by atoms with Gasteiger partial charge in [0.1, 0.15) is 21.2 Å². The van der Waals surface area contributed by atoms with E-state index in [9.17, 15) is 13.2 Å². The molecule has 1 N–H and O–H groups in total. The molecule has 1 unspecified atom stereocenters. The predicted molar refractivity (Wildman–Crippen MR) is 75.9 cm³/mol. The summed E-state index contributed by atoms with van der Waals surface area (Å²) in [6.45, 7) is 3.52. The number of carboxylic acid groups (broad SMARTS) is 1. The van der Waals surface area contributed by atoms with Crippen LogP contribution >= 0.6 is 0 Å². The second-order valence-electron chi connectivity index (χ2n) is 4.95. The van der Waals surface area contributed by atoms with Crippen LogP contribution in [0.2, 0.25) is 0 Å². The van der Waals surface area contributed by atoms with Gasteiger partial charge in [-0.15, -0.1) is 0 Å². The first-order valence-corrected chi connectivity index (χ1v) is 8.15. The summed E-state index contributed by atoms with van der Waals surface area (Å²) in [6, 6.07) is 4.57. The molecule has 108 valence electrons. The van der Waals surface area contributed by atoms with E-state index in [0.29, 0.717) is 16.9 Å². The van der Waals surface area contributed by atoms with E-state index in [4.69, 9.17) is 5.11 Å². The van der Waals surface area contributed by atoms with Crippen molar-refractivity contribution in [3.63, 3.8) is 0 Å². The van der Waals surface area contributed by atoms with Crippen LogP contribution in [0.1, 0.15) is 29.1 Å². The second kappa shape index (κ2) is 4.90. The van der Waals surface area contributed by atoms with Gasteiger partial charge in [-0.2, -0.15) is 0 Å². The van der Waals surface area contributed by atoms with Crippen LogP contribution in [0.25, 0.3) is 11.0 Å². The number of rotatable bonds is 4. The van der Waals surface area contributed by atoms with Gasteiger partial charge < -0.3 is 9.67 Å². The van der Waals surface area contributed by atoms with Gasteiger partial charge in [0, 0.05) is 12.3 Å². The SMILES string of the molecule is Cc1nc2c(C(=O)O)cccc2n1C(C)CS(C)(=O)=O. The van der Waals surface area contributed by atoms with Crippen LogP contribution < -0.4 is 0 Å². The molecule has 0 saturated carbocycles. The van der Waals surface area contributed by atoms with E-state index in [-0.39, 0.29) is 17.4 Å². The zero-order valence-corrected chi connectivity index (χ0v) is 12.3. The summed E-state index contributed by atoms with van der Waals surface area (Å²) in [7, 11) is -3.13. The van der Waals surface area contributed by atoms with Gasteiger partial charge in [-0.1, -0.05) is 6.07 Å². The molecular formula is C13H16N2O4S. The van der Waals surface area contributed by atoms with Crippen molar-refractivity contribution in [1.82, 2.24) is 9.55 Å². The third-order valence-corrected chi connectivity index (χ3v) is 4.20. The Morgan fingerprint density at radius 2 is 2.10 bits per heavy atom. The molecule has 0 saturated heterocycles. The highest BCUT2D eigenvalue weighted by Crippen LogP contribution is 2.24. The lowest BCUT2D eigenvalue weighted by molar-refractivity contribution is 0.0699. The zero-order chi connectivity index (χ0) is 15.1. The number of nitrogens with zero attached hydrogens (tertiary/aromatic N) is 2. The lowest BCUT2D eigenvalue weighted by atomic mass is 10.2. The van der Waals surface area contributed by atoms with Crippen LogP contribution in [-0.4, -0.2) is 41.1 Å². The van der Waals surface area contributed by atoms with Crippen molar-refractivity contribution >= 4 is 26.8 Å². The fraction of sp³-hybridized carbons (Fsp3) is 0.385. The number of hydrogen-bond acceptors (Lipinski definition) is 4. The largest absolute Gasteiger partial charge is 0.478 e. The maximum atomic E-state index is 11.4. The lowest BCUT2D eigenvalue weighted by Crippen LogP contribution is -2.17. The predicted octanol–water partition coefficient (Wildman–Crippen LogP) is 1.65. The molecule has 20 heavy (non-hydrogen) atoms. The highest BCUT2D eigenvalue weighted by molar-refractivity contribution is 7.90.